The standard InChI is InChI=1S/C21H24N4O5S/c1-5-29-18-10-16(17(25(27)28)11-19(18)30-6-2)23-20(26)9-15-12-31-21(22-15)24-13(3)7-8-14(24)4/h7-8,10-12H,5-6,9H2,1-4H3,(H,23,26). The van der Waals surface area contributed by atoms with Crippen LogP contribution in [0, 0.1) is 24.0 Å². The van der Waals surface area contributed by atoms with Gasteiger partial charge < -0.3 is 14.8 Å². The first-order chi connectivity index (χ1) is 14.8. The molecule has 9 nitrogen and oxygen atoms in total. The minimum absolute atomic E-state index is 0.00972. The fourth-order valence-electron chi connectivity index (χ4n) is 3.15. The van der Waals surface area contributed by atoms with Gasteiger partial charge in [0.2, 0.25) is 5.91 Å². The monoisotopic (exact) mass is 444 g/mol. The predicted molar refractivity (Wildman–Crippen MR) is 119 cm³/mol. The maximum Gasteiger partial charge on any atom is 0.296 e. The number of carbonyl (C=O) groups excluding carboxylic acids is 1. The highest BCUT2D eigenvalue weighted by molar-refractivity contribution is 7.12. The van der Waals surface area contributed by atoms with Crippen molar-refractivity contribution in [3.63, 3.8) is 0 Å². The SMILES string of the molecule is CCOc1cc(NC(=O)Cc2csc(-n3c(C)ccc3C)n2)c([N+](=O)[O-])cc1OCC. The molecule has 0 spiro atoms. The third-order valence-corrected chi connectivity index (χ3v) is 5.35. The number of ether oxygens (including phenoxy) is 2. The van der Waals surface area contributed by atoms with Gasteiger partial charge in [-0.05, 0) is 39.8 Å². The third kappa shape index (κ3) is 5.02. The molecule has 0 saturated heterocycles. The Morgan fingerprint density at radius 1 is 1.16 bits per heavy atom. The molecule has 3 aromatic rings. The van der Waals surface area contributed by atoms with Gasteiger partial charge in [0.15, 0.2) is 16.6 Å². The molecule has 1 aromatic carbocycles. The first kappa shape index (κ1) is 22.3. The van der Waals surface area contributed by atoms with Gasteiger partial charge in [-0.25, -0.2) is 4.98 Å². The maximum absolute atomic E-state index is 12.6. The van der Waals surface area contributed by atoms with Crippen LogP contribution in [0.2, 0.25) is 0 Å². The van der Waals surface area contributed by atoms with Crippen molar-refractivity contribution in [1.82, 2.24) is 9.55 Å². The number of nitro groups is 1. The molecule has 0 fully saturated rings. The van der Waals surface area contributed by atoms with Gasteiger partial charge >= 0.3 is 0 Å². The summed E-state index contributed by atoms with van der Waals surface area (Å²) in [5, 5.41) is 16.7. The summed E-state index contributed by atoms with van der Waals surface area (Å²) in [6.07, 6.45) is -0.00972. The lowest BCUT2D eigenvalue weighted by atomic mass is 10.2. The van der Waals surface area contributed by atoms with Gasteiger partial charge in [0, 0.05) is 22.8 Å². The van der Waals surface area contributed by atoms with Crippen LogP contribution in [-0.4, -0.2) is 33.6 Å². The van der Waals surface area contributed by atoms with E-state index in [1.807, 2.05) is 35.9 Å². The lowest BCUT2D eigenvalue weighted by Gasteiger charge is -2.13. The number of nitrogens with zero attached hydrogens (tertiary/aromatic N) is 3. The number of anilines is 1. The van der Waals surface area contributed by atoms with E-state index in [-0.39, 0.29) is 23.5 Å². The minimum atomic E-state index is -0.563. The number of benzene rings is 1. The molecule has 0 saturated carbocycles. The highest BCUT2D eigenvalue weighted by Crippen LogP contribution is 2.38. The first-order valence-corrected chi connectivity index (χ1v) is 10.7. The second kappa shape index (κ2) is 9.61. The Hall–Kier alpha value is -3.40. The van der Waals surface area contributed by atoms with Crippen molar-refractivity contribution in [2.75, 3.05) is 18.5 Å². The molecule has 0 radical (unpaired) electrons. The topological polar surface area (TPSA) is 109 Å². The molecule has 164 valence electrons. The van der Waals surface area contributed by atoms with Gasteiger partial charge in [0.05, 0.1) is 36.3 Å². The zero-order valence-electron chi connectivity index (χ0n) is 17.8. The summed E-state index contributed by atoms with van der Waals surface area (Å²) in [5.41, 5.74) is 2.48. The second-order valence-electron chi connectivity index (χ2n) is 6.74. The van der Waals surface area contributed by atoms with E-state index in [0.29, 0.717) is 24.7 Å². The number of thiazole rings is 1. The quantitative estimate of drug-likeness (QED) is 0.386. The fraction of sp³-hybridized carbons (Fsp3) is 0.333. The minimum Gasteiger partial charge on any atom is -0.490 e. The Labute approximate surface area is 183 Å². The van der Waals surface area contributed by atoms with E-state index in [4.69, 9.17) is 9.47 Å². The number of nitrogens with one attached hydrogen (secondary N) is 1. The summed E-state index contributed by atoms with van der Waals surface area (Å²) in [6, 6.07) is 6.69. The summed E-state index contributed by atoms with van der Waals surface area (Å²) in [6.45, 7) is 8.23. The lowest BCUT2D eigenvalue weighted by Crippen LogP contribution is -2.16. The summed E-state index contributed by atoms with van der Waals surface area (Å²) >= 11 is 1.44. The van der Waals surface area contributed by atoms with Gasteiger partial charge in [0.25, 0.3) is 5.69 Å². The van der Waals surface area contributed by atoms with Crippen LogP contribution in [0.15, 0.2) is 29.6 Å². The Morgan fingerprint density at radius 2 is 1.77 bits per heavy atom. The highest BCUT2D eigenvalue weighted by atomic mass is 32.1. The third-order valence-electron chi connectivity index (χ3n) is 4.48. The molecule has 1 amide bonds. The summed E-state index contributed by atoms with van der Waals surface area (Å²) in [4.78, 5) is 28.1. The van der Waals surface area contributed by atoms with Gasteiger partial charge in [-0.3, -0.25) is 19.5 Å². The average molecular weight is 445 g/mol. The van der Waals surface area contributed by atoms with Crippen LogP contribution >= 0.6 is 11.3 Å². The van der Waals surface area contributed by atoms with E-state index in [1.165, 1.54) is 23.5 Å². The van der Waals surface area contributed by atoms with E-state index < -0.39 is 10.8 Å². The van der Waals surface area contributed by atoms with E-state index in [0.717, 1.165) is 16.5 Å². The zero-order chi connectivity index (χ0) is 22.5. The molecule has 2 aromatic heterocycles. The molecular weight excluding hydrogens is 420 g/mol. The molecule has 31 heavy (non-hydrogen) atoms. The Morgan fingerprint density at radius 3 is 2.35 bits per heavy atom. The van der Waals surface area contributed by atoms with Crippen molar-refractivity contribution in [2.24, 2.45) is 0 Å². The Kier molecular flexibility index (Phi) is 6.91. The molecule has 0 unspecified atom stereocenters. The molecule has 2 heterocycles. The van der Waals surface area contributed by atoms with Crippen molar-refractivity contribution in [2.45, 2.75) is 34.1 Å². The first-order valence-electron chi connectivity index (χ1n) is 9.81. The van der Waals surface area contributed by atoms with Crippen LogP contribution in [0.3, 0.4) is 0 Å². The number of rotatable bonds is 9. The predicted octanol–water partition coefficient (Wildman–Crippen LogP) is 4.44. The van der Waals surface area contributed by atoms with E-state index >= 15 is 0 Å². The van der Waals surface area contributed by atoms with Crippen LogP contribution in [0.25, 0.3) is 5.13 Å². The molecule has 0 bridgehead atoms. The van der Waals surface area contributed by atoms with Gasteiger partial charge in [-0.15, -0.1) is 11.3 Å². The summed E-state index contributed by atoms with van der Waals surface area (Å²) < 4.78 is 13.0. The van der Waals surface area contributed by atoms with Gasteiger partial charge in [-0.2, -0.15) is 0 Å². The summed E-state index contributed by atoms with van der Waals surface area (Å²) in [7, 11) is 0. The maximum atomic E-state index is 12.6. The Balaban J connectivity index is 1.81. The molecule has 0 aliphatic carbocycles. The normalized spacial score (nSPS) is 10.7. The average Bonchev–Trinajstić information content (AvgIpc) is 3.29. The van der Waals surface area contributed by atoms with Crippen molar-refractivity contribution < 1.29 is 19.2 Å². The summed E-state index contributed by atoms with van der Waals surface area (Å²) in [5.74, 6) is 0.183. The number of aryl methyl sites for hydroxylation is 2. The van der Waals surface area contributed by atoms with Crippen molar-refractivity contribution in [1.29, 1.82) is 0 Å². The van der Waals surface area contributed by atoms with Crippen molar-refractivity contribution in [3.8, 4) is 16.6 Å². The van der Waals surface area contributed by atoms with E-state index in [9.17, 15) is 14.9 Å². The number of aromatic nitrogens is 2. The van der Waals surface area contributed by atoms with Crippen LogP contribution < -0.4 is 14.8 Å². The fourth-order valence-corrected chi connectivity index (χ4v) is 4.09. The molecule has 0 atom stereocenters. The van der Waals surface area contributed by atoms with Crippen LogP contribution in [0.5, 0.6) is 11.5 Å². The number of nitro benzene ring substituents is 1. The van der Waals surface area contributed by atoms with Crippen molar-refractivity contribution >= 4 is 28.6 Å². The number of hydrogen-bond donors (Lipinski definition) is 1. The number of hydrogen-bond acceptors (Lipinski definition) is 7. The smallest absolute Gasteiger partial charge is 0.296 e. The Bertz CT molecular complexity index is 1090. The molecule has 3 rings (SSSR count). The van der Waals surface area contributed by atoms with Crippen LogP contribution in [-0.2, 0) is 11.2 Å². The highest BCUT2D eigenvalue weighted by Gasteiger charge is 2.22. The largest absolute Gasteiger partial charge is 0.490 e. The zero-order valence-corrected chi connectivity index (χ0v) is 18.6. The second-order valence-corrected chi connectivity index (χ2v) is 7.57. The molecule has 0 aliphatic rings. The van der Waals surface area contributed by atoms with Gasteiger partial charge in [-0.1, -0.05) is 0 Å². The van der Waals surface area contributed by atoms with Crippen molar-refractivity contribution in [3.05, 3.63) is 56.8 Å². The van der Waals surface area contributed by atoms with Gasteiger partial charge in [0.1, 0.15) is 5.69 Å². The number of carbonyl (C=O) groups is 1. The van der Waals surface area contributed by atoms with Crippen LogP contribution in [0.1, 0.15) is 30.9 Å². The van der Waals surface area contributed by atoms with Crippen LogP contribution in [0.4, 0.5) is 11.4 Å². The molecular formula is C21H24N4O5S. The lowest BCUT2D eigenvalue weighted by molar-refractivity contribution is -0.384. The molecule has 10 heteroatoms. The molecule has 1 N–H and O–H groups in total. The molecule has 0 aliphatic heterocycles. The number of amides is 1. The van der Waals surface area contributed by atoms with E-state index in [1.54, 1.807) is 13.8 Å². The van der Waals surface area contributed by atoms with E-state index in [2.05, 4.69) is 10.3 Å².